The number of phenolic OH excluding ortho intramolecular Hbond substituents is 2. The average Bonchev–Trinajstić information content (AvgIpc) is 2.92. The maximum Gasteiger partial charge on any atom is 0.124 e. The summed E-state index contributed by atoms with van der Waals surface area (Å²) in [5.74, 6) is 0.248. The number of nitrogens with one attached hydrogen (secondary N) is 1. The quantitative estimate of drug-likeness (QED) is 0.787. The number of aromatic hydroxyl groups is 2. The van der Waals surface area contributed by atoms with Crippen molar-refractivity contribution >= 4 is 0 Å². The van der Waals surface area contributed by atoms with E-state index in [9.17, 15) is 10.2 Å². The van der Waals surface area contributed by atoms with Gasteiger partial charge in [-0.05, 0) is 38.4 Å². The number of nitrogens with zero attached hydrogens (tertiary/aromatic N) is 1. The molecule has 1 aromatic carbocycles. The third kappa shape index (κ3) is 3.15. The van der Waals surface area contributed by atoms with Crippen LogP contribution in [0.5, 0.6) is 11.5 Å². The average molecular weight is 292 g/mol. The Morgan fingerprint density at radius 3 is 2.90 bits per heavy atom. The molecule has 0 radical (unpaired) electrons. The fourth-order valence-corrected chi connectivity index (χ4v) is 3.40. The van der Waals surface area contributed by atoms with Crippen molar-refractivity contribution in [3.8, 4) is 11.5 Å². The summed E-state index contributed by atoms with van der Waals surface area (Å²) in [6, 6.07) is 5.32. The van der Waals surface area contributed by atoms with Gasteiger partial charge in [0.05, 0.1) is 18.3 Å². The molecule has 3 N–H and O–H groups in total. The van der Waals surface area contributed by atoms with E-state index in [0.717, 1.165) is 19.7 Å². The Morgan fingerprint density at radius 1 is 1.38 bits per heavy atom. The van der Waals surface area contributed by atoms with Gasteiger partial charge in [0.25, 0.3) is 0 Å². The molecule has 2 aliphatic rings. The van der Waals surface area contributed by atoms with E-state index < -0.39 is 0 Å². The SMILES string of the molecule is CC(NCC1CN2CCCC2CO1)c1c(O)cccc1O. The molecular weight excluding hydrogens is 268 g/mol. The molecule has 3 atom stereocenters. The summed E-state index contributed by atoms with van der Waals surface area (Å²) < 4.78 is 5.91. The summed E-state index contributed by atoms with van der Waals surface area (Å²) >= 11 is 0. The molecule has 0 bridgehead atoms. The van der Waals surface area contributed by atoms with Gasteiger partial charge >= 0.3 is 0 Å². The van der Waals surface area contributed by atoms with Crippen LogP contribution in [0.2, 0.25) is 0 Å². The minimum absolute atomic E-state index is 0.119. The van der Waals surface area contributed by atoms with Crippen LogP contribution in [0.15, 0.2) is 18.2 Å². The molecule has 2 heterocycles. The zero-order chi connectivity index (χ0) is 14.8. The fraction of sp³-hybridized carbons (Fsp3) is 0.625. The van der Waals surface area contributed by atoms with Crippen LogP contribution in [0.25, 0.3) is 0 Å². The third-order valence-corrected chi connectivity index (χ3v) is 4.61. The zero-order valence-electron chi connectivity index (χ0n) is 12.5. The van der Waals surface area contributed by atoms with Crippen LogP contribution < -0.4 is 5.32 Å². The summed E-state index contributed by atoms with van der Waals surface area (Å²) in [5, 5.41) is 23.1. The lowest BCUT2D eigenvalue weighted by atomic mass is 10.1. The Kier molecular flexibility index (Phi) is 4.33. The van der Waals surface area contributed by atoms with Gasteiger partial charge in [0.15, 0.2) is 0 Å². The molecule has 0 amide bonds. The minimum atomic E-state index is -0.119. The standard InChI is InChI=1S/C16H24N2O3/c1-11(16-14(19)5-2-6-15(16)20)17-8-13-9-18-7-3-4-12(18)10-21-13/h2,5-6,11-13,17,19-20H,3-4,7-10H2,1H3. The van der Waals surface area contributed by atoms with E-state index in [2.05, 4.69) is 10.2 Å². The first-order chi connectivity index (χ1) is 10.1. The molecule has 2 saturated heterocycles. The van der Waals surface area contributed by atoms with Crippen LogP contribution in [0.1, 0.15) is 31.4 Å². The summed E-state index contributed by atoms with van der Waals surface area (Å²) in [7, 11) is 0. The molecule has 5 heteroatoms. The number of phenols is 2. The second kappa shape index (κ2) is 6.22. The number of morpholine rings is 1. The molecular formula is C16H24N2O3. The lowest BCUT2D eigenvalue weighted by molar-refractivity contribution is -0.0477. The smallest absolute Gasteiger partial charge is 0.124 e. The lowest BCUT2D eigenvalue weighted by Crippen LogP contribution is -2.49. The molecule has 2 fully saturated rings. The summed E-state index contributed by atoms with van der Waals surface area (Å²) in [4.78, 5) is 2.51. The van der Waals surface area contributed by atoms with Crippen LogP contribution in [0.4, 0.5) is 0 Å². The monoisotopic (exact) mass is 292 g/mol. The number of fused-ring (bicyclic) bond motifs is 1. The predicted octanol–water partition coefficient (Wildman–Crippen LogP) is 1.61. The van der Waals surface area contributed by atoms with Crippen molar-refractivity contribution in [2.45, 2.75) is 38.0 Å². The minimum Gasteiger partial charge on any atom is -0.507 e. The van der Waals surface area contributed by atoms with Gasteiger partial charge in [-0.1, -0.05) is 6.07 Å². The summed E-state index contributed by atoms with van der Waals surface area (Å²) in [6.45, 7) is 5.63. The fourth-order valence-electron chi connectivity index (χ4n) is 3.40. The van der Waals surface area contributed by atoms with E-state index in [1.165, 1.54) is 19.4 Å². The van der Waals surface area contributed by atoms with E-state index in [-0.39, 0.29) is 23.6 Å². The van der Waals surface area contributed by atoms with Crippen molar-refractivity contribution in [1.82, 2.24) is 10.2 Å². The third-order valence-electron chi connectivity index (χ3n) is 4.61. The molecule has 1 aromatic rings. The van der Waals surface area contributed by atoms with E-state index in [1.807, 2.05) is 6.92 Å². The lowest BCUT2D eigenvalue weighted by Gasteiger charge is -2.35. The summed E-state index contributed by atoms with van der Waals surface area (Å²) in [6.07, 6.45) is 2.70. The van der Waals surface area contributed by atoms with Gasteiger partial charge in [-0.2, -0.15) is 0 Å². The van der Waals surface area contributed by atoms with Gasteiger partial charge in [0, 0.05) is 25.2 Å². The molecule has 21 heavy (non-hydrogen) atoms. The second-order valence-electron chi connectivity index (χ2n) is 6.09. The second-order valence-corrected chi connectivity index (χ2v) is 6.09. The molecule has 0 aliphatic carbocycles. The van der Waals surface area contributed by atoms with E-state index in [4.69, 9.17) is 4.74 Å². The van der Waals surface area contributed by atoms with E-state index in [1.54, 1.807) is 18.2 Å². The Morgan fingerprint density at radius 2 is 2.14 bits per heavy atom. The molecule has 3 unspecified atom stereocenters. The van der Waals surface area contributed by atoms with E-state index >= 15 is 0 Å². The van der Waals surface area contributed by atoms with E-state index in [0.29, 0.717) is 11.6 Å². The first-order valence-corrected chi connectivity index (χ1v) is 7.75. The normalized spacial score (nSPS) is 27.5. The first kappa shape index (κ1) is 14.6. The molecule has 0 saturated carbocycles. The number of rotatable bonds is 4. The predicted molar refractivity (Wildman–Crippen MR) is 80.5 cm³/mol. The van der Waals surface area contributed by atoms with Crippen LogP contribution >= 0.6 is 0 Å². The van der Waals surface area contributed by atoms with Crippen molar-refractivity contribution in [2.75, 3.05) is 26.2 Å². The topological polar surface area (TPSA) is 65.0 Å². The highest BCUT2D eigenvalue weighted by atomic mass is 16.5. The van der Waals surface area contributed by atoms with Crippen LogP contribution in [-0.2, 0) is 4.74 Å². The van der Waals surface area contributed by atoms with Crippen LogP contribution in [0.3, 0.4) is 0 Å². The van der Waals surface area contributed by atoms with Gasteiger partial charge in [0.1, 0.15) is 11.5 Å². The molecule has 0 spiro atoms. The number of benzene rings is 1. The highest BCUT2D eigenvalue weighted by Gasteiger charge is 2.32. The van der Waals surface area contributed by atoms with Gasteiger partial charge in [-0.15, -0.1) is 0 Å². The Balaban J connectivity index is 1.55. The highest BCUT2D eigenvalue weighted by molar-refractivity contribution is 5.44. The molecule has 2 aliphatic heterocycles. The van der Waals surface area contributed by atoms with Crippen molar-refractivity contribution in [3.05, 3.63) is 23.8 Å². The van der Waals surface area contributed by atoms with Gasteiger partial charge < -0.3 is 20.3 Å². The van der Waals surface area contributed by atoms with Gasteiger partial charge in [-0.3, -0.25) is 4.90 Å². The maximum atomic E-state index is 9.88. The van der Waals surface area contributed by atoms with Crippen molar-refractivity contribution in [3.63, 3.8) is 0 Å². The van der Waals surface area contributed by atoms with Crippen molar-refractivity contribution in [2.24, 2.45) is 0 Å². The summed E-state index contributed by atoms with van der Waals surface area (Å²) in [5.41, 5.74) is 0.548. The Bertz CT molecular complexity index is 474. The molecule has 5 nitrogen and oxygen atoms in total. The molecule has 116 valence electrons. The first-order valence-electron chi connectivity index (χ1n) is 7.75. The number of hydrogen-bond donors (Lipinski definition) is 3. The van der Waals surface area contributed by atoms with Crippen LogP contribution in [-0.4, -0.2) is 53.5 Å². The van der Waals surface area contributed by atoms with Crippen molar-refractivity contribution in [1.29, 1.82) is 0 Å². The van der Waals surface area contributed by atoms with Crippen molar-refractivity contribution < 1.29 is 14.9 Å². The zero-order valence-corrected chi connectivity index (χ0v) is 12.5. The number of ether oxygens (including phenoxy) is 1. The largest absolute Gasteiger partial charge is 0.507 e. The maximum absolute atomic E-state index is 9.88. The van der Waals surface area contributed by atoms with Gasteiger partial charge in [0.2, 0.25) is 0 Å². The molecule has 3 rings (SSSR count). The Hall–Kier alpha value is -1.30. The van der Waals surface area contributed by atoms with Crippen LogP contribution in [0, 0.1) is 0 Å². The highest BCUT2D eigenvalue weighted by Crippen LogP contribution is 2.32. The molecule has 0 aromatic heterocycles. The Labute approximate surface area is 125 Å². The van der Waals surface area contributed by atoms with Gasteiger partial charge in [-0.25, -0.2) is 0 Å². The number of hydrogen-bond acceptors (Lipinski definition) is 5.